The Balaban J connectivity index is 1.62. The number of carbonyl (C=O) groups is 3. The van der Waals surface area contributed by atoms with Gasteiger partial charge in [0.2, 0.25) is 11.8 Å². The van der Waals surface area contributed by atoms with Crippen LogP contribution in [-0.2, 0) is 9.59 Å². The first-order chi connectivity index (χ1) is 14.0. The van der Waals surface area contributed by atoms with E-state index in [4.69, 9.17) is 0 Å². The molecule has 0 aliphatic carbocycles. The van der Waals surface area contributed by atoms with Crippen molar-refractivity contribution in [2.45, 2.75) is 19.4 Å². The summed E-state index contributed by atoms with van der Waals surface area (Å²) in [7, 11) is 0. The summed E-state index contributed by atoms with van der Waals surface area (Å²) < 4.78 is 0. The maximum Gasteiger partial charge on any atom is 0.269 e. The second kappa shape index (κ2) is 7.89. The van der Waals surface area contributed by atoms with Crippen molar-refractivity contribution in [3.63, 3.8) is 0 Å². The van der Waals surface area contributed by atoms with Crippen molar-refractivity contribution >= 4 is 46.1 Å². The van der Waals surface area contributed by atoms with Crippen LogP contribution in [0.1, 0.15) is 21.7 Å². The number of nitrogens with zero attached hydrogens (tertiary/aromatic N) is 1. The molecule has 1 atom stereocenters. The minimum absolute atomic E-state index is 0.148. The van der Waals surface area contributed by atoms with Crippen LogP contribution in [0, 0.1) is 6.92 Å². The van der Waals surface area contributed by atoms with Crippen molar-refractivity contribution in [2.75, 3.05) is 15.5 Å². The van der Waals surface area contributed by atoms with Gasteiger partial charge >= 0.3 is 0 Å². The Labute approximate surface area is 172 Å². The standard InChI is InChI=1S/C22H19N3O3S/c1-14-8-10-15(11-9-14)23-20(26)13-18-21(27)24-16-5-2-3-6-17(16)25(18)22(28)19-7-4-12-29-19/h2-12,18H,13H2,1H3,(H,23,26)(H,24,27)/t18-/m0/s1. The maximum absolute atomic E-state index is 13.2. The molecule has 146 valence electrons. The lowest BCUT2D eigenvalue weighted by Gasteiger charge is -2.35. The second-order valence-corrected chi connectivity index (χ2v) is 7.74. The van der Waals surface area contributed by atoms with Crippen LogP contribution in [0.3, 0.4) is 0 Å². The molecule has 1 aliphatic heterocycles. The summed E-state index contributed by atoms with van der Waals surface area (Å²) in [6.45, 7) is 1.96. The van der Waals surface area contributed by atoms with Crippen molar-refractivity contribution < 1.29 is 14.4 Å². The number of nitrogens with one attached hydrogen (secondary N) is 2. The van der Waals surface area contributed by atoms with E-state index in [0.29, 0.717) is 21.9 Å². The number of amides is 3. The van der Waals surface area contributed by atoms with Crippen LogP contribution in [0.5, 0.6) is 0 Å². The fourth-order valence-electron chi connectivity index (χ4n) is 3.27. The highest BCUT2D eigenvalue weighted by Gasteiger charge is 2.38. The third-order valence-corrected chi connectivity index (χ3v) is 5.56. The monoisotopic (exact) mass is 405 g/mol. The summed E-state index contributed by atoms with van der Waals surface area (Å²) in [4.78, 5) is 40.6. The van der Waals surface area contributed by atoms with E-state index in [2.05, 4.69) is 10.6 Å². The summed E-state index contributed by atoms with van der Waals surface area (Å²) in [6.07, 6.45) is -0.148. The van der Waals surface area contributed by atoms with Crippen molar-refractivity contribution in [2.24, 2.45) is 0 Å². The third-order valence-electron chi connectivity index (χ3n) is 4.70. The molecule has 0 unspecified atom stereocenters. The van der Waals surface area contributed by atoms with Gasteiger partial charge in [-0.05, 0) is 42.6 Å². The first-order valence-corrected chi connectivity index (χ1v) is 10.0. The number of benzene rings is 2. The highest BCUT2D eigenvalue weighted by atomic mass is 32.1. The zero-order valence-corrected chi connectivity index (χ0v) is 16.5. The summed E-state index contributed by atoms with van der Waals surface area (Å²) in [5, 5.41) is 7.42. The number of aryl methyl sites for hydroxylation is 1. The van der Waals surface area contributed by atoms with E-state index in [9.17, 15) is 14.4 Å². The van der Waals surface area contributed by atoms with E-state index >= 15 is 0 Å². The van der Waals surface area contributed by atoms with Gasteiger partial charge in [-0.2, -0.15) is 0 Å². The normalized spacial score (nSPS) is 15.4. The molecule has 2 heterocycles. The molecular weight excluding hydrogens is 386 g/mol. The molecular formula is C22H19N3O3S. The summed E-state index contributed by atoms with van der Waals surface area (Å²) >= 11 is 1.30. The molecule has 0 spiro atoms. The number of hydrogen-bond acceptors (Lipinski definition) is 4. The van der Waals surface area contributed by atoms with Crippen LogP contribution in [0.15, 0.2) is 66.0 Å². The summed E-state index contributed by atoms with van der Waals surface area (Å²) in [5.41, 5.74) is 2.86. The van der Waals surface area contributed by atoms with Gasteiger partial charge < -0.3 is 10.6 Å². The van der Waals surface area contributed by atoms with Gasteiger partial charge in [0.15, 0.2) is 0 Å². The van der Waals surface area contributed by atoms with E-state index in [1.165, 1.54) is 16.2 Å². The zero-order chi connectivity index (χ0) is 20.4. The first-order valence-electron chi connectivity index (χ1n) is 9.16. The number of fused-ring (bicyclic) bond motifs is 1. The maximum atomic E-state index is 13.2. The third kappa shape index (κ3) is 3.90. The molecule has 6 nitrogen and oxygen atoms in total. The zero-order valence-electron chi connectivity index (χ0n) is 15.7. The Kier molecular flexibility index (Phi) is 5.14. The smallest absolute Gasteiger partial charge is 0.269 e. The van der Waals surface area contributed by atoms with E-state index in [-0.39, 0.29) is 24.1 Å². The molecule has 3 aromatic rings. The van der Waals surface area contributed by atoms with Crippen LogP contribution >= 0.6 is 11.3 Å². The number of carbonyl (C=O) groups excluding carboxylic acids is 3. The number of hydrogen-bond donors (Lipinski definition) is 2. The van der Waals surface area contributed by atoms with Gasteiger partial charge in [-0.1, -0.05) is 35.9 Å². The number of rotatable bonds is 4. The molecule has 3 amide bonds. The van der Waals surface area contributed by atoms with Crippen molar-refractivity contribution in [1.82, 2.24) is 0 Å². The van der Waals surface area contributed by atoms with Crippen LogP contribution in [-0.4, -0.2) is 23.8 Å². The van der Waals surface area contributed by atoms with Gasteiger partial charge in [0.25, 0.3) is 5.91 Å². The molecule has 0 fully saturated rings. The molecule has 0 bridgehead atoms. The van der Waals surface area contributed by atoms with E-state index in [1.807, 2.05) is 24.4 Å². The van der Waals surface area contributed by atoms with E-state index in [1.54, 1.807) is 48.5 Å². The van der Waals surface area contributed by atoms with Crippen LogP contribution in [0.2, 0.25) is 0 Å². The molecule has 4 rings (SSSR count). The van der Waals surface area contributed by atoms with Gasteiger partial charge in [0.1, 0.15) is 6.04 Å². The predicted octanol–water partition coefficient (Wildman–Crippen LogP) is 4.05. The second-order valence-electron chi connectivity index (χ2n) is 6.79. The SMILES string of the molecule is Cc1ccc(NC(=O)C[C@H]2C(=O)Nc3ccccc3N2C(=O)c2cccs2)cc1. The van der Waals surface area contributed by atoms with Crippen molar-refractivity contribution in [3.05, 3.63) is 76.5 Å². The van der Waals surface area contributed by atoms with E-state index < -0.39 is 6.04 Å². The quantitative estimate of drug-likeness (QED) is 0.687. The Hall–Kier alpha value is -3.45. The van der Waals surface area contributed by atoms with Gasteiger partial charge in [-0.15, -0.1) is 11.3 Å². The topological polar surface area (TPSA) is 78.5 Å². The molecule has 29 heavy (non-hydrogen) atoms. The molecule has 0 radical (unpaired) electrons. The molecule has 1 aliphatic rings. The lowest BCUT2D eigenvalue weighted by Crippen LogP contribution is -2.52. The summed E-state index contributed by atoms with van der Waals surface area (Å²) in [6, 6.07) is 17.1. The average molecular weight is 405 g/mol. The fraction of sp³-hybridized carbons (Fsp3) is 0.136. The Morgan fingerprint density at radius 3 is 2.55 bits per heavy atom. The Morgan fingerprint density at radius 1 is 1.07 bits per heavy atom. The van der Waals surface area contributed by atoms with Crippen molar-refractivity contribution in [1.29, 1.82) is 0 Å². The first kappa shape index (κ1) is 18.9. The van der Waals surface area contributed by atoms with Crippen LogP contribution in [0.25, 0.3) is 0 Å². The highest BCUT2D eigenvalue weighted by molar-refractivity contribution is 7.12. The molecule has 1 aromatic heterocycles. The Bertz CT molecular complexity index is 1060. The van der Waals surface area contributed by atoms with Gasteiger partial charge in [0, 0.05) is 5.69 Å². The van der Waals surface area contributed by atoms with Gasteiger partial charge in [-0.3, -0.25) is 19.3 Å². The van der Waals surface area contributed by atoms with Crippen LogP contribution < -0.4 is 15.5 Å². The van der Waals surface area contributed by atoms with Gasteiger partial charge in [0.05, 0.1) is 22.7 Å². The Morgan fingerprint density at radius 2 is 1.83 bits per heavy atom. The van der Waals surface area contributed by atoms with Crippen molar-refractivity contribution in [3.8, 4) is 0 Å². The number of anilines is 3. The highest BCUT2D eigenvalue weighted by Crippen LogP contribution is 2.34. The molecule has 7 heteroatoms. The molecule has 2 aromatic carbocycles. The fourth-order valence-corrected chi connectivity index (χ4v) is 3.93. The lowest BCUT2D eigenvalue weighted by molar-refractivity contribution is -0.122. The number of para-hydroxylation sites is 2. The average Bonchev–Trinajstić information content (AvgIpc) is 3.25. The lowest BCUT2D eigenvalue weighted by atomic mass is 10.0. The predicted molar refractivity (Wildman–Crippen MR) is 114 cm³/mol. The van der Waals surface area contributed by atoms with Gasteiger partial charge in [-0.25, -0.2) is 0 Å². The van der Waals surface area contributed by atoms with E-state index in [0.717, 1.165) is 5.56 Å². The molecule has 2 N–H and O–H groups in total. The molecule has 0 saturated heterocycles. The minimum Gasteiger partial charge on any atom is -0.326 e. The number of thiophene rings is 1. The largest absolute Gasteiger partial charge is 0.326 e. The molecule has 0 saturated carbocycles. The van der Waals surface area contributed by atoms with Crippen LogP contribution in [0.4, 0.5) is 17.1 Å². The minimum atomic E-state index is -0.940. The summed E-state index contributed by atoms with van der Waals surface area (Å²) in [5.74, 6) is -1.01.